The Hall–Kier alpha value is -1.81. The molecule has 0 radical (unpaired) electrons. The van der Waals surface area contributed by atoms with Gasteiger partial charge >= 0.3 is 5.69 Å². The van der Waals surface area contributed by atoms with E-state index in [1.807, 2.05) is 38.5 Å². The van der Waals surface area contributed by atoms with Crippen LogP contribution in [-0.2, 0) is 13.1 Å². The van der Waals surface area contributed by atoms with Crippen LogP contribution in [0, 0.1) is 6.92 Å². The summed E-state index contributed by atoms with van der Waals surface area (Å²) >= 11 is 0. The van der Waals surface area contributed by atoms with Gasteiger partial charge in [-0.05, 0) is 32.0 Å². The highest BCUT2D eigenvalue weighted by Crippen LogP contribution is 2.18. The van der Waals surface area contributed by atoms with Crippen LogP contribution < -0.4 is 11.0 Å². The standard InChI is InChI=1S/C15H21N3O/c1-4-17-9-10-18(15(17)19)11-14(16-3)13-8-6-5-7-12(13)2/h5-10,14,16H,4,11H2,1-3H3. The topological polar surface area (TPSA) is 39.0 Å². The summed E-state index contributed by atoms with van der Waals surface area (Å²) in [7, 11) is 1.93. The largest absolute Gasteiger partial charge is 0.328 e. The van der Waals surface area contributed by atoms with Gasteiger partial charge in [0.2, 0.25) is 0 Å². The molecule has 1 aromatic carbocycles. The van der Waals surface area contributed by atoms with E-state index in [-0.39, 0.29) is 11.7 Å². The van der Waals surface area contributed by atoms with Crippen molar-refractivity contribution in [3.05, 3.63) is 58.3 Å². The van der Waals surface area contributed by atoms with Crippen LogP contribution in [0.2, 0.25) is 0 Å². The average molecular weight is 259 g/mol. The van der Waals surface area contributed by atoms with Gasteiger partial charge in [-0.3, -0.25) is 9.13 Å². The van der Waals surface area contributed by atoms with Crippen molar-refractivity contribution in [1.29, 1.82) is 0 Å². The Balaban J connectivity index is 2.27. The zero-order valence-corrected chi connectivity index (χ0v) is 11.8. The van der Waals surface area contributed by atoms with Crippen molar-refractivity contribution >= 4 is 0 Å². The predicted molar refractivity (Wildman–Crippen MR) is 77.3 cm³/mol. The Labute approximate surface area is 113 Å². The van der Waals surface area contributed by atoms with Gasteiger partial charge in [0.1, 0.15) is 0 Å². The summed E-state index contributed by atoms with van der Waals surface area (Å²) < 4.78 is 3.47. The third kappa shape index (κ3) is 2.79. The van der Waals surface area contributed by atoms with Crippen molar-refractivity contribution in [1.82, 2.24) is 14.5 Å². The van der Waals surface area contributed by atoms with Gasteiger partial charge in [-0.2, -0.15) is 0 Å². The zero-order valence-electron chi connectivity index (χ0n) is 11.8. The Morgan fingerprint density at radius 3 is 2.47 bits per heavy atom. The molecule has 1 N–H and O–H groups in total. The number of nitrogens with zero attached hydrogens (tertiary/aromatic N) is 2. The fourth-order valence-corrected chi connectivity index (χ4v) is 2.35. The second-order valence-corrected chi connectivity index (χ2v) is 4.72. The van der Waals surface area contributed by atoms with Crippen LogP contribution in [0.4, 0.5) is 0 Å². The molecule has 1 atom stereocenters. The third-order valence-electron chi connectivity index (χ3n) is 3.55. The smallest absolute Gasteiger partial charge is 0.312 e. The zero-order chi connectivity index (χ0) is 13.8. The van der Waals surface area contributed by atoms with E-state index in [0.29, 0.717) is 13.1 Å². The molecule has 1 unspecified atom stereocenters. The fraction of sp³-hybridized carbons (Fsp3) is 0.400. The van der Waals surface area contributed by atoms with E-state index in [2.05, 4.69) is 24.4 Å². The number of likely N-dealkylation sites (N-methyl/N-ethyl adjacent to an activating group) is 1. The van der Waals surface area contributed by atoms with Crippen LogP contribution in [-0.4, -0.2) is 16.2 Å². The average Bonchev–Trinajstić information content (AvgIpc) is 2.77. The highest BCUT2D eigenvalue weighted by Gasteiger charge is 2.13. The minimum Gasteiger partial charge on any atom is -0.312 e. The van der Waals surface area contributed by atoms with Crippen LogP contribution >= 0.6 is 0 Å². The van der Waals surface area contributed by atoms with Crippen LogP contribution in [0.5, 0.6) is 0 Å². The van der Waals surface area contributed by atoms with Gasteiger partial charge < -0.3 is 5.32 Å². The lowest BCUT2D eigenvalue weighted by atomic mass is 10.0. The molecule has 4 heteroatoms. The van der Waals surface area contributed by atoms with E-state index in [4.69, 9.17) is 0 Å². The lowest BCUT2D eigenvalue weighted by Crippen LogP contribution is -2.30. The molecule has 0 amide bonds. The van der Waals surface area contributed by atoms with Crippen LogP contribution in [0.3, 0.4) is 0 Å². The molecule has 0 saturated heterocycles. The maximum atomic E-state index is 12.1. The number of nitrogens with one attached hydrogen (secondary N) is 1. The molecule has 0 fully saturated rings. The molecular formula is C15H21N3O. The molecule has 102 valence electrons. The summed E-state index contributed by atoms with van der Waals surface area (Å²) in [5.74, 6) is 0. The first-order valence-electron chi connectivity index (χ1n) is 6.65. The van der Waals surface area contributed by atoms with E-state index in [0.717, 1.165) is 0 Å². The lowest BCUT2D eigenvalue weighted by molar-refractivity contribution is 0.483. The first-order valence-corrected chi connectivity index (χ1v) is 6.65. The number of imidazole rings is 1. The molecule has 1 aromatic heterocycles. The second-order valence-electron chi connectivity index (χ2n) is 4.72. The Morgan fingerprint density at radius 1 is 1.21 bits per heavy atom. The van der Waals surface area contributed by atoms with Gasteiger partial charge in [0.15, 0.2) is 0 Å². The number of hydrogen-bond donors (Lipinski definition) is 1. The molecule has 0 aliphatic heterocycles. The highest BCUT2D eigenvalue weighted by atomic mass is 16.1. The maximum Gasteiger partial charge on any atom is 0.328 e. The summed E-state index contributed by atoms with van der Waals surface area (Å²) in [5, 5.41) is 3.29. The summed E-state index contributed by atoms with van der Waals surface area (Å²) in [5.41, 5.74) is 2.53. The number of benzene rings is 1. The molecule has 4 nitrogen and oxygen atoms in total. The Kier molecular flexibility index (Phi) is 4.22. The SMILES string of the molecule is CCn1ccn(CC(NC)c2ccccc2C)c1=O. The van der Waals surface area contributed by atoms with Crippen molar-refractivity contribution < 1.29 is 0 Å². The molecular weight excluding hydrogens is 238 g/mol. The molecule has 2 rings (SSSR count). The van der Waals surface area contributed by atoms with E-state index in [1.54, 1.807) is 9.13 Å². The summed E-state index contributed by atoms with van der Waals surface area (Å²) in [6.45, 7) is 5.43. The Morgan fingerprint density at radius 2 is 1.89 bits per heavy atom. The molecule has 0 aliphatic rings. The van der Waals surface area contributed by atoms with Crippen LogP contribution in [0.1, 0.15) is 24.1 Å². The van der Waals surface area contributed by atoms with Crippen molar-refractivity contribution in [2.45, 2.75) is 33.0 Å². The number of rotatable bonds is 5. The maximum absolute atomic E-state index is 12.1. The molecule has 0 bridgehead atoms. The minimum absolute atomic E-state index is 0.0522. The first-order chi connectivity index (χ1) is 9.17. The normalized spacial score (nSPS) is 12.6. The number of hydrogen-bond acceptors (Lipinski definition) is 2. The van der Waals surface area contributed by atoms with Crippen LogP contribution in [0.15, 0.2) is 41.5 Å². The first kappa shape index (κ1) is 13.6. The van der Waals surface area contributed by atoms with E-state index in [9.17, 15) is 4.79 Å². The lowest BCUT2D eigenvalue weighted by Gasteiger charge is -2.19. The van der Waals surface area contributed by atoms with Gasteiger partial charge in [0, 0.05) is 25.5 Å². The van der Waals surface area contributed by atoms with E-state index in [1.165, 1.54) is 11.1 Å². The summed E-state index contributed by atoms with van der Waals surface area (Å²) in [6.07, 6.45) is 3.70. The van der Waals surface area contributed by atoms with Gasteiger partial charge in [0.05, 0.1) is 6.04 Å². The van der Waals surface area contributed by atoms with Crippen molar-refractivity contribution in [2.24, 2.45) is 0 Å². The summed E-state index contributed by atoms with van der Waals surface area (Å²) in [4.78, 5) is 12.1. The van der Waals surface area contributed by atoms with E-state index >= 15 is 0 Å². The second kappa shape index (κ2) is 5.89. The van der Waals surface area contributed by atoms with Crippen LogP contribution in [0.25, 0.3) is 0 Å². The quantitative estimate of drug-likeness (QED) is 0.891. The van der Waals surface area contributed by atoms with Crippen molar-refractivity contribution in [3.8, 4) is 0 Å². The van der Waals surface area contributed by atoms with Gasteiger partial charge in [-0.25, -0.2) is 4.79 Å². The molecule has 0 aliphatic carbocycles. The van der Waals surface area contributed by atoms with E-state index < -0.39 is 0 Å². The highest BCUT2D eigenvalue weighted by molar-refractivity contribution is 5.28. The van der Waals surface area contributed by atoms with Crippen molar-refractivity contribution in [3.63, 3.8) is 0 Å². The van der Waals surface area contributed by atoms with Gasteiger partial charge in [0.25, 0.3) is 0 Å². The molecule has 19 heavy (non-hydrogen) atoms. The van der Waals surface area contributed by atoms with Gasteiger partial charge in [-0.15, -0.1) is 0 Å². The number of aryl methyl sites for hydroxylation is 2. The monoisotopic (exact) mass is 259 g/mol. The molecule has 1 heterocycles. The molecule has 0 saturated carbocycles. The minimum atomic E-state index is 0.0522. The predicted octanol–water partition coefficient (Wildman–Crippen LogP) is 1.94. The van der Waals surface area contributed by atoms with Crippen molar-refractivity contribution in [2.75, 3.05) is 7.05 Å². The van der Waals surface area contributed by atoms with Gasteiger partial charge in [-0.1, -0.05) is 24.3 Å². The number of aromatic nitrogens is 2. The summed E-state index contributed by atoms with van der Waals surface area (Å²) in [6, 6.07) is 8.42. The molecule has 0 spiro atoms. The third-order valence-corrected chi connectivity index (χ3v) is 3.55. The fourth-order valence-electron chi connectivity index (χ4n) is 2.35. The molecule has 2 aromatic rings. The Bertz CT molecular complexity index is 597.